The predicted octanol–water partition coefficient (Wildman–Crippen LogP) is 10.7. The maximum absolute atomic E-state index is 2.69. The molecule has 7 aliphatic rings. The van der Waals surface area contributed by atoms with Crippen molar-refractivity contribution in [3.8, 4) is 0 Å². The third kappa shape index (κ3) is 4.47. The summed E-state index contributed by atoms with van der Waals surface area (Å²) in [5.74, 6) is 14.6. The molecule has 0 aromatic rings. The predicted molar refractivity (Wildman–Crippen MR) is 153 cm³/mol. The minimum atomic E-state index is 1.03. The van der Waals surface area contributed by atoms with E-state index in [-0.39, 0.29) is 0 Å². The van der Waals surface area contributed by atoms with Crippen LogP contribution in [0.4, 0.5) is 0 Å². The van der Waals surface area contributed by atoms with Crippen molar-refractivity contribution in [2.75, 3.05) is 0 Å². The van der Waals surface area contributed by atoms with E-state index in [0.717, 1.165) is 76.9 Å². The second-order valence-electron chi connectivity index (χ2n) is 15.9. The van der Waals surface area contributed by atoms with Gasteiger partial charge < -0.3 is 0 Å². The Morgan fingerprint density at radius 3 is 1.44 bits per heavy atom. The van der Waals surface area contributed by atoms with Gasteiger partial charge in [-0.3, -0.25) is 0 Å². The summed E-state index contributed by atoms with van der Waals surface area (Å²) >= 11 is 0. The maximum atomic E-state index is 2.69. The van der Waals surface area contributed by atoms with E-state index in [1.54, 1.807) is 135 Å². The molecule has 0 heteroatoms. The molecule has 0 aromatic heterocycles. The quantitative estimate of drug-likeness (QED) is 0.367. The minimum absolute atomic E-state index is 1.03. The van der Waals surface area contributed by atoms with Crippen molar-refractivity contribution in [2.45, 2.75) is 148 Å². The van der Waals surface area contributed by atoms with Gasteiger partial charge >= 0.3 is 0 Å². The van der Waals surface area contributed by atoms with Gasteiger partial charge in [0.15, 0.2) is 0 Å². The van der Waals surface area contributed by atoms with Gasteiger partial charge in [-0.05, 0) is 128 Å². The number of hydrogen-bond acceptors (Lipinski definition) is 0. The van der Waals surface area contributed by atoms with E-state index < -0.39 is 0 Å². The Hall–Kier alpha value is 0. The summed E-state index contributed by atoms with van der Waals surface area (Å²) in [6.07, 6.45) is 35.1. The van der Waals surface area contributed by atoms with Crippen LogP contribution in [0.2, 0.25) is 0 Å². The molecule has 0 N–H and O–H groups in total. The topological polar surface area (TPSA) is 0 Å². The van der Waals surface area contributed by atoms with Gasteiger partial charge in [0.05, 0.1) is 0 Å². The zero-order chi connectivity index (χ0) is 24.1. The second-order valence-corrected chi connectivity index (χ2v) is 15.9. The number of rotatable bonds is 3. The standard InChI is InChI=1S/C36H60/c1-24-21-22-33-35(30-17-8-7-16-28(30)25-11-3-2-4-12-25)23-34(32-20-10-18-27(24)36(32)33)31-19-9-14-26-13-5-6-15-29(26)31/h24-36H,2-23H2,1H3. The monoisotopic (exact) mass is 492 g/mol. The first-order chi connectivity index (χ1) is 17.8. The molecule has 12 atom stereocenters. The Labute approximate surface area is 224 Å². The fourth-order valence-corrected chi connectivity index (χ4v) is 13.5. The molecule has 7 rings (SSSR count). The molecule has 0 heterocycles. The van der Waals surface area contributed by atoms with Crippen LogP contribution in [-0.4, -0.2) is 0 Å². The van der Waals surface area contributed by atoms with Crippen LogP contribution in [0.25, 0.3) is 0 Å². The summed E-state index contributed by atoms with van der Waals surface area (Å²) in [5, 5.41) is 0. The summed E-state index contributed by atoms with van der Waals surface area (Å²) in [6.45, 7) is 2.69. The van der Waals surface area contributed by atoms with Gasteiger partial charge in [-0.2, -0.15) is 0 Å². The molecule has 7 fully saturated rings. The second kappa shape index (κ2) is 10.9. The number of hydrogen-bond donors (Lipinski definition) is 0. The largest absolute Gasteiger partial charge is 0.0622 e. The molecule has 0 amide bonds. The lowest BCUT2D eigenvalue weighted by Gasteiger charge is -2.62. The zero-order valence-corrected chi connectivity index (χ0v) is 24.1. The van der Waals surface area contributed by atoms with Crippen molar-refractivity contribution in [1.29, 1.82) is 0 Å². The third-order valence-corrected chi connectivity index (χ3v) is 14.7. The van der Waals surface area contributed by atoms with Gasteiger partial charge in [0.25, 0.3) is 0 Å². The normalized spacial score (nSPS) is 52.2. The molecule has 0 saturated heterocycles. The Bertz CT molecular complexity index is 716. The van der Waals surface area contributed by atoms with Gasteiger partial charge in [0, 0.05) is 0 Å². The summed E-state index contributed by atoms with van der Waals surface area (Å²) in [5.41, 5.74) is 0. The van der Waals surface area contributed by atoms with E-state index in [9.17, 15) is 0 Å². The van der Waals surface area contributed by atoms with Crippen LogP contribution < -0.4 is 0 Å². The van der Waals surface area contributed by atoms with Crippen molar-refractivity contribution < 1.29 is 0 Å². The lowest BCUT2D eigenvalue weighted by molar-refractivity contribution is -0.130. The lowest BCUT2D eigenvalue weighted by atomic mass is 9.43. The molecule has 0 radical (unpaired) electrons. The number of fused-ring (bicyclic) bond motifs is 1. The Balaban J connectivity index is 1.22. The average Bonchev–Trinajstić information content (AvgIpc) is 2.95. The fourth-order valence-electron chi connectivity index (χ4n) is 13.5. The first-order valence-electron chi connectivity index (χ1n) is 17.8. The van der Waals surface area contributed by atoms with E-state index in [1.165, 1.54) is 6.42 Å². The molecular weight excluding hydrogens is 432 g/mol. The molecule has 12 unspecified atom stereocenters. The van der Waals surface area contributed by atoms with Crippen LogP contribution in [-0.2, 0) is 0 Å². The van der Waals surface area contributed by atoms with E-state index in [4.69, 9.17) is 0 Å². The van der Waals surface area contributed by atoms with E-state index in [0.29, 0.717) is 0 Å². The third-order valence-electron chi connectivity index (χ3n) is 14.7. The van der Waals surface area contributed by atoms with E-state index in [2.05, 4.69) is 6.92 Å². The van der Waals surface area contributed by atoms with Gasteiger partial charge in [-0.15, -0.1) is 0 Å². The van der Waals surface area contributed by atoms with Crippen LogP contribution in [0.15, 0.2) is 0 Å². The highest BCUT2D eigenvalue weighted by atomic mass is 14.6. The van der Waals surface area contributed by atoms with Gasteiger partial charge in [0.1, 0.15) is 0 Å². The summed E-state index contributed by atoms with van der Waals surface area (Å²) in [7, 11) is 0. The Morgan fingerprint density at radius 1 is 0.306 bits per heavy atom. The van der Waals surface area contributed by atoms with E-state index in [1.807, 2.05) is 0 Å². The SMILES string of the molecule is CC1CCC2C(C3CCCCC3C3CCCCC3)CC(C3CCCC4CCCCC43)C3CCCC1C32. The molecule has 7 aliphatic carbocycles. The summed E-state index contributed by atoms with van der Waals surface area (Å²) < 4.78 is 0. The van der Waals surface area contributed by atoms with Crippen LogP contribution in [0.3, 0.4) is 0 Å². The average molecular weight is 493 g/mol. The Kier molecular flexibility index (Phi) is 7.55. The molecule has 0 nitrogen and oxygen atoms in total. The zero-order valence-electron chi connectivity index (χ0n) is 24.1. The molecule has 7 saturated carbocycles. The first-order valence-corrected chi connectivity index (χ1v) is 17.8. The molecular formula is C36H60. The maximum Gasteiger partial charge on any atom is -0.0321 e. The van der Waals surface area contributed by atoms with E-state index >= 15 is 0 Å². The van der Waals surface area contributed by atoms with Crippen molar-refractivity contribution in [3.05, 3.63) is 0 Å². The van der Waals surface area contributed by atoms with Crippen molar-refractivity contribution in [1.82, 2.24) is 0 Å². The van der Waals surface area contributed by atoms with Crippen molar-refractivity contribution in [2.24, 2.45) is 76.9 Å². The molecule has 0 spiro atoms. The van der Waals surface area contributed by atoms with Crippen LogP contribution >= 0.6 is 0 Å². The summed E-state index contributed by atoms with van der Waals surface area (Å²) in [6, 6.07) is 0. The molecule has 204 valence electrons. The van der Waals surface area contributed by atoms with Crippen molar-refractivity contribution >= 4 is 0 Å². The molecule has 0 aromatic carbocycles. The lowest BCUT2D eigenvalue weighted by Crippen LogP contribution is -2.55. The fraction of sp³-hybridized carbons (Fsp3) is 1.00. The Morgan fingerprint density at radius 2 is 0.750 bits per heavy atom. The highest BCUT2D eigenvalue weighted by molar-refractivity contribution is 5.05. The smallest absolute Gasteiger partial charge is 0.0321 e. The highest BCUT2D eigenvalue weighted by Crippen LogP contribution is 2.64. The summed E-state index contributed by atoms with van der Waals surface area (Å²) in [4.78, 5) is 0. The highest BCUT2D eigenvalue weighted by Gasteiger charge is 2.56. The molecule has 36 heavy (non-hydrogen) atoms. The van der Waals surface area contributed by atoms with Crippen LogP contribution in [0.5, 0.6) is 0 Å². The molecule has 0 aliphatic heterocycles. The molecule has 0 bridgehead atoms. The minimum Gasteiger partial charge on any atom is -0.0622 e. The van der Waals surface area contributed by atoms with Crippen LogP contribution in [0.1, 0.15) is 148 Å². The van der Waals surface area contributed by atoms with Gasteiger partial charge in [-0.1, -0.05) is 96.8 Å². The first kappa shape index (κ1) is 25.0. The van der Waals surface area contributed by atoms with Crippen molar-refractivity contribution in [3.63, 3.8) is 0 Å². The van der Waals surface area contributed by atoms with Gasteiger partial charge in [0.2, 0.25) is 0 Å². The van der Waals surface area contributed by atoms with Crippen LogP contribution in [0, 0.1) is 76.9 Å². The van der Waals surface area contributed by atoms with Gasteiger partial charge in [-0.25, -0.2) is 0 Å².